The molecule has 0 unspecified atom stereocenters. The highest BCUT2D eigenvalue weighted by molar-refractivity contribution is 5.12. The second-order valence-corrected chi connectivity index (χ2v) is 4.06. The Hall–Kier alpha value is -1.78. The van der Waals surface area contributed by atoms with E-state index in [2.05, 4.69) is 17.1 Å². The van der Waals surface area contributed by atoms with Gasteiger partial charge in [0.1, 0.15) is 0 Å². The lowest BCUT2D eigenvalue weighted by Gasteiger charge is -2.01. The molecule has 0 fully saturated rings. The molecule has 2 aromatic rings. The predicted molar refractivity (Wildman–Crippen MR) is 64.9 cm³/mol. The molecule has 0 aliphatic rings. The molecule has 0 N–H and O–H groups in total. The summed E-state index contributed by atoms with van der Waals surface area (Å²) in [5, 5.41) is 8.33. The first-order valence-electron chi connectivity index (χ1n) is 5.90. The Balaban J connectivity index is 1.77. The van der Waals surface area contributed by atoms with Crippen molar-refractivity contribution in [2.45, 2.75) is 26.3 Å². The van der Waals surface area contributed by atoms with Crippen molar-refractivity contribution in [1.29, 1.82) is 0 Å². The van der Waals surface area contributed by atoms with Crippen LogP contribution >= 0.6 is 0 Å². The third-order valence-corrected chi connectivity index (χ3v) is 2.48. The van der Waals surface area contributed by atoms with Gasteiger partial charge in [0.05, 0.1) is 25.2 Å². The topological polar surface area (TPSA) is 44.9 Å². The summed E-state index contributed by atoms with van der Waals surface area (Å²) in [4.78, 5) is 0. The van der Waals surface area contributed by atoms with E-state index in [9.17, 15) is 0 Å². The molecule has 5 nitrogen and oxygen atoms in total. The van der Waals surface area contributed by atoms with E-state index in [1.807, 2.05) is 30.3 Å². The van der Waals surface area contributed by atoms with Crippen LogP contribution in [0.2, 0.25) is 0 Å². The van der Waals surface area contributed by atoms with Gasteiger partial charge in [0.15, 0.2) is 5.75 Å². The molecule has 0 aliphatic heterocycles. The molecule has 0 aliphatic carbocycles. The number of aryl methyl sites for hydroxylation is 2. The normalized spacial score (nSPS) is 10.7. The van der Waals surface area contributed by atoms with Crippen LogP contribution in [0.1, 0.15) is 18.9 Å². The molecule has 0 saturated carbocycles. The van der Waals surface area contributed by atoms with Gasteiger partial charge in [-0.15, -0.1) is 0 Å². The fourth-order valence-electron chi connectivity index (χ4n) is 1.66. The molecule has 2 heterocycles. The lowest BCUT2D eigenvalue weighted by Crippen LogP contribution is -2.00. The molecule has 0 radical (unpaired) electrons. The van der Waals surface area contributed by atoms with Gasteiger partial charge in [-0.25, -0.2) is 0 Å². The van der Waals surface area contributed by atoms with E-state index < -0.39 is 0 Å². The van der Waals surface area contributed by atoms with Crippen LogP contribution in [-0.2, 0) is 20.0 Å². The second kappa shape index (κ2) is 5.52. The lowest BCUT2D eigenvalue weighted by atomic mass is 10.3. The summed E-state index contributed by atoms with van der Waals surface area (Å²) in [6, 6.07) is 0. The van der Waals surface area contributed by atoms with Gasteiger partial charge in [-0.3, -0.25) is 9.36 Å². The van der Waals surface area contributed by atoms with Gasteiger partial charge in [-0.05, 0) is 12.0 Å². The Morgan fingerprint density at radius 2 is 2.12 bits per heavy atom. The third kappa shape index (κ3) is 3.34. The second-order valence-electron chi connectivity index (χ2n) is 4.06. The van der Waals surface area contributed by atoms with Crippen molar-refractivity contribution in [1.82, 2.24) is 19.6 Å². The number of hydrogen-bond acceptors (Lipinski definition) is 3. The zero-order chi connectivity index (χ0) is 12.1. The van der Waals surface area contributed by atoms with Crippen LogP contribution in [0.4, 0.5) is 0 Å². The van der Waals surface area contributed by atoms with Crippen LogP contribution in [0.25, 0.3) is 0 Å². The molecular formula is C12H18N4O. The summed E-state index contributed by atoms with van der Waals surface area (Å²) >= 11 is 0. The molecule has 0 bridgehead atoms. The molecule has 92 valence electrons. The van der Waals surface area contributed by atoms with E-state index >= 15 is 0 Å². The van der Waals surface area contributed by atoms with E-state index in [0.717, 1.165) is 25.1 Å². The molecule has 2 rings (SSSR count). The zero-order valence-electron chi connectivity index (χ0n) is 10.3. The molecule has 0 saturated heterocycles. The highest BCUT2D eigenvalue weighted by Crippen LogP contribution is 2.09. The Morgan fingerprint density at radius 1 is 1.24 bits per heavy atom. The van der Waals surface area contributed by atoms with Crippen molar-refractivity contribution >= 4 is 0 Å². The minimum absolute atomic E-state index is 0.656. The summed E-state index contributed by atoms with van der Waals surface area (Å²) in [6.07, 6.45) is 9.52. The number of nitrogens with zero attached hydrogens (tertiary/aromatic N) is 4. The van der Waals surface area contributed by atoms with Crippen LogP contribution in [0.3, 0.4) is 0 Å². The number of aromatic nitrogens is 4. The van der Waals surface area contributed by atoms with Crippen molar-refractivity contribution < 1.29 is 4.74 Å². The van der Waals surface area contributed by atoms with Gasteiger partial charge in [0, 0.05) is 26.2 Å². The molecule has 2 aromatic heterocycles. The van der Waals surface area contributed by atoms with E-state index in [1.54, 1.807) is 10.9 Å². The van der Waals surface area contributed by atoms with E-state index in [0.29, 0.717) is 6.61 Å². The predicted octanol–water partition coefficient (Wildman–Crippen LogP) is 1.65. The van der Waals surface area contributed by atoms with E-state index in [-0.39, 0.29) is 0 Å². The van der Waals surface area contributed by atoms with Crippen molar-refractivity contribution in [3.8, 4) is 5.75 Å². The maximum atomic E-state index is 5.63. The quantitative estimate of drug-likeness (QED) is 0.763. The van der Waals surface area contributed by atoms with Crippen LogP contribution < -0.4 is 4.74 Å². The number of rotatable bonds is 6. The highest BCUT2D eigenvalue weighted by Gasteiger charge is 2.00. The summed E-state index contributed by atoms with van der Waals surface area (Å²) in [7, 11) is 1.92. The Kier molecular flexibility index (Phi) is 3.80. The van der Waals surface area contributed by atoms with E-state index in [1.165, 1.54) is 5.56 Å². The Labute approximate surface area is 101 Å². The fourth-order valence-corrected chi connectivity index (χ4v) is 1.66. The van der Waals surface area contributed by atoms with E-state index in [4.69, 9.17) is 4.74 Å². The van der Waals surface area contributed by atoms with Gasteiger partial charge in [0.25, 0.3) is 0 Å². The molecule has 0 atom stereocenters. The Bertz CT molecular complexity index is 461. The van der Waals surface area contributed by atoms with Crippen LogP contribution in [0, 0.1) is 0 Å². The molecule has 0 amide bonds. The van der Waals surface area contributed by atoms with Crippen LogP contribution in [0.15, 0.2) is 24.8 Å². The first-order chi connectivity index (χ1) is 8.28. The van der Waals surface area contributed by atoms with Gasteiger partial charge in [0.2, 0.25) is 0 Å². The van der Waals surface area contributed by atoms with Gasteiger partial charge >= 0.3 is 0 Å². The summed E-state index contributed by atoms with van der Waals surface area (Å²) in [5.41, 5.74) is 1.19. The summed E-state index contributed by atoms with van der Waals surface area (Å²) in [5.74, 6) is 0.836. The van der Waals surface area contributed by atoms with Gasteiger partial charge in [-0.1, -0.05) is 6.92 Å². The zero-order valence-corrected chi connectivity index (χ0v) is 10.3. The summed E-state index contributed by atoms with van der Waals surface area (Å²) < 4.78 is 9.33. The molecule has 0 aromatic carbocycles. The highest BCUT2D eigenvalue weighted by atomic mass is 16.5. The maximum absolute atomic E-state index is 5.63. The maximum Gasteiger partial charge on any atom is 0.157 e. The van der Waals surface area contributed by atoms with Gasteiger partial charge in [-0.2, -0.15) is 10.2 Å². The number of ether oxygens (including phenoxy) is 1. The van der Waals surface area contributed by atoms with Crippen molar-refractivity contribution in [2.24, 2.45) is 7.05 Å². The third-order valence-electron chi connectivity index (χ3n) is 2.48. The van der Waals surface area contributed by atoms with Crippen molar-refractivity contribution in [2.75, 3.05) is 6.61 Å². The smallest absolute Gasteiger partial charge is 0.157 e. The fraction of sp³-hybridized carbons (Fsp3) is 0.500. The SMILES string of the molecule is CCCn1cc(OCCc2cnn(C)c2)cn1. The van der Waals surface area contributed by atoms with Crippen LogP contribution in [0.5, 0.6) is 5.75 Å². The molecular weight excluding hydrogens is 216 g/mol. The largest absolute Gasteiger partial charge is 0.490 e. The molecule has 0 spiro atoms. The molecule has 17 heavy (non-hydrogen) atoms. The molecule has 5 heteroatoms. The average molecular weight is 234 g/mol. The lowest BCUT2D eigenvalue weighted by molar-refractivity contribution is 0.321. The van der Waals surface area contributed by atoms with Gasteiger partial charge < -0.3 is 4.74 Å². The average Bonchev–Trinajstić information content (AvgIpc) is 2.89. The standard InChI is InChI=1S/C12H18N4O/c1-3-5-16-10-12(8-14-16)17-6-4-11-7-13-15(2)9-11/h7-10H,3-6H2,1-2H3. The first kappa shape index (κ1) is 11.7. The minimum Gasteiger partial charge on any atom is -0.490 e. The van der Waals surface area contributed by atoms with Crippen LogP contribution in [-0.4, -0.2) is 26.2 Å². The van der Waals surface area contributed by atoms with Crippen molar-refractivity contribution in [3.05, 3.63) is 30.4 Å². The summed E-state index contributed by atoms with van der Waals surface area (Å²) in [6.45, 7) is 3.72. The first-order valence-corrected chi connectivity index (χ1v) is 5.90. The van der Waals surface area contributed by atoms with Crippen molar-refractivity contribution in [3.63, 3.8) is 0 Å². The minimum atomic E-state index is 0.656. The number of hydrogen-bond donors (Lipinski definition) is 0. The Morgan fingerprint density at radius 3 is 2.82 bits per heavy atom. The monoisotopic (exact) mass is 234 g/mol.